The fraction of sp³-hybridized carbons (Fsp3) is 0.167. The molecule has 0 bridgehead atoms. The van der Waals surface area contributed by atoms with Crippen LogP contribution in [0.3, 0.4) is 0 Å². The van der Waals surface area contributed by atoms with E-state index in [2.05, 4.69) is 38.9 Å². The average molecular weight is 310 g/mol. The maximum atomic E-state index is 5.65. The van der Waals surface area contributed by atoms with Gasteiger partial charge in [-0.3, -0.25) is 0 Å². The summed E-state index contributed by atoms with van der Waals surface area (Å²) in [6.45, 7) is 4.05. The number of nitrogens with zero attached hydrogens (tertiary/aromatic N) is 2. The largest absolute Gasteiger partial charge is 0.397 e. The second kappa shape index (κ2) is 5.06. The maximum Gasteiger partial charge on any atom is 0.117 e. The topological polar surface area (TPSA) is 51.8 Å². The standard InChI is InChI=1S/C12H12BrN3S/c1-7-3-8(2)16-11(4-7)17-12-10(13)5-9(14)6-15-12/h3-6H,14H2,1-2H3. The molecule has 2 N–H and O–H groups in total. The summed E-state index contributed by atoms with van der Waals surface area (Å²) in [5, 5.41) is 1.82. The van der Waals surface area contributed by atoms with Crippen LogP contribution in [0.25, 0.3) is 0 Å². The molecule has 0 radical (unpaired) electrons. The number of hydrogen-bond donors (Lipinski definition) is 1. The van der Waals surface area contributed by atoms with Gasteiger partial charge in [0, 0.05) is 5.69 Å². The van der Waals surface area contributed by atoms with Crippen molar-refractivity contribution in [2.45, 2.75) is 23.9 Å². The molecule has 2 aromatic heterocycles. The van der Waals surface area contributed by atoms with Crippen molar-refractivity contribution in [1.82, 2.24) is 9.97 Å². The number of rotatable bonds is 2. The van der Waals surface area contributed by atoms with Crippen molar-refractivity contribution in [3.05, 3.63) is 40.1 Å². The highest BCUT2D eigenvalue weighted by Crippen LogP contribution is 2.31. The number of aryl methyl sites for hydroxylation is 2. The van der Waals surface area contributed by atoms with Gasteiger partial charge in [-0.05, 0) is 65.3 Å². The fourth-order valence-electron chi connectivity index (χ4n) is 1.47. The second-order valence-corrected chi connectivity index (χ2v) is 5.65. The van der Waals surface area contributed by atoms with Gasteiger partial charge in [-0.15, -0.1) is 0 Å². The van der Waals surface area contributed by atoms with E-state index in [9.17, 15) is 0 Å². The van der Waals surface area contributed by atoms with Gasteiger partial charge < -0.3 is 5.73 Å². The number of nitrogens with two attached hydrogens (primary N) is 1. The Morgan fingerprint density at radius 2 is 2.00 bits per heavy atom. The molecule has 0 fully saturated rings. The van der Waals surface area contributed by atoms with Crippen LogP contribution in [0.2, 0.25) is 0 Å². The normalized spacial score (nSPS) is 10.5. The van der Waals surface area contributed by atoms with Crippen molar-refractivity contribution >= 4 is 33.4 Å². The summed E-state index contributed by atoms with van der Waals surface area (Å²) in [5.74, 6) is 0. The third kappa shape index (κ3) is 3.20. The van der Waals surface area contributed by atoms with Crippen molar-refractivity contribution < 1.29 is 0 Å². The SMILES string of the molecule is Cc1cc(C)nc(Sc2ncc(N)cc2Br)c1. The van der Waals surface area contributed by atoms with Gasteiger partial charge in [0.1, 0.15) is 10.1 Å². The van der Waals surface area contributed by atoms with Crippen molar-refractivity contribution in [3.8, 4) is 0 Å². The summed E-state index contributed by atoms with van der Waals surface area (Å²) >= 11 is 4.98. The molecule has 0 aliphatic heterocycles. The van der Waals surface area contributed by atoms with Crippen LogP contribution in [0.15, 0.2) is 38.9 Å². The highest BCUT2D eigenvalue weighted by atomic mass is 79.9. The molecule has 0 atom stereocenters. The number of pyridine rings is 2. The van der Waals surface area contributed by atoms with Crippen LogP contribution in [0.4, 0.5) is 5.69 Å². The van der Waals surface area contributed by atoms with Gasteiger partial charge in [-0.2, -0.15) is 0 Å². The van der Waals surface area contributed by atoms with Crippen LogP contribution in [0.5, 0.6) is 0 Å². The molecule has 0 aromatic carbocycles. The minimum absolute atomic E-state index is 0.648. The van der Waals surface area contributed by atoms with Gasteiger partial charge in [0.15, 0.2) is 0 Å². The van der Waals surface area contributed by atoms with Crippen molar-refractivity contribution in [3.63, 3.8) is 0 Å². The Labute approximate surface area is 113 Å². The highest BCUT2D eigenvalue weighted by molar-refractivity contribution is 9.10. The third-order valence-electron chi connectivity index (χ3n) is 2.10. The Hall–Kier alpha value is -1.07. The smallest absolute Gasteiger partial charge is 0.117 e. The molecule has 3 nitrogen and oxygen atoms in total. The summed E-state index contributed by atoms with van der Waals surface area (Å²) in [6.07, 6.45) is 1.65. The van der Waals surface area contributed by atoms with E-state index < -0.39 is 0 Å². The molecule has 17 heavy (non-hydrogen) atoms. The van der Waals surface area contributed by atoms with Gasteiger partial charge in [-0.25, -0.2) is 9.97 Å². The molecule has 5 heteroatoms. The summed E-state index contributed by atoms with van der Waals surface area (Å²) in [6, 6.07) is 5.94. The van der Waals surface area contributed by atoms with E-state index in [1.54, 1.807) is 6.20 Å². The number of aromatic nitrogens is 2. The van der Waals surface area contributed by atoms with Crippen LogP contribution in [-0.2, 0) is 0 Å². The first kappa shape index (κ1) is 12.4. The number of halogens is 1. The Morgan fingerprint density at radius 3 is 2.65 bits per heavy atom. The minimum Gasteiger partial charge on any atom is -0.397 e. The van der Waals surface area contributed by atoms with Gasteiger partial charge in [-0.1, -0.05) is 0 Å². The van der Waals surface area contributed by atoms with E-state index in [1.807, 2.05) is 19.1 Å². The van der Waals surface area contributed by atoms with Crippen molar-refractivity contribution in [2.75, 3.05) is 5.73 Å². The van der Waals surface area contributed by atoms with Crippen LogP contribution in [-0.4, -0.2) is 9.97 Å². The summed E-state index contributed by atoms with van der Waals surface area (Å²) in [7, 11) is 0. The molecular weight excluding hydrogens is 298 g/mol. The Morgan fingerprint density at radius 1 is 1.24 bits per heavy atom. The summed E-state index contributed by atoms with van der Waals surface area (Å²) in [5.41, 5.74) is 8.51. The molecule has 0 aliphatic rings. The van der Waals surface area contributed by atoms with E-state index in [0.717, 1.165) is 20.2 Å². The Bertz CT molecular complexity index is 537. The maximum absolute atomic E-state index is 5.65. The predicted molar refractivity (Wildman–Crippen MR) is 74.2 cm³/mol. The molecule has 0 spiro atoms. The van der Waals surface area contributed by atoms with Crippen molar-refractivity contribution in [2.24, 2.45) is 0 Å². The Kier molecular flexibility index (Phi) is 3.69. The van der Waals surface area contributed by atoms with E-state index in [4.69, 9.17) is 5.73 Å². The molecule has 0 saturated heterocycles. The lowest BCUT2D eigenvalue weighted by atomic mass is 10.3. The lowest BCUT2D eigenvalue weighted by Crippen LogP contribution is -1.91. The molecule has 88 valence electrons. The summed E-state index contributed by atoms with van der Waals surface area (Å²) < 4.78 is 0.892. The molecule has 2 heterocycles. The quantitative estimate of drug-likeness (QED) is 0.921. The van der Waals surface area contributed by atoms with Gasteiger partial charge >= 0.3 is 0 Å². The molecule has 2 aromatic rings. The van der Waals surface area contributed by atoms with E-state index in [0.29, 0.717) is 5.69 Å². The van der Waals surface area contributed by atoms with E-state index >= 15 is 0 Å². The van der Waals surface area contributed by atoms with Crippen LogP contribution in [0, 0.1) is 13.8 Å². The lowest BCUT2D eigenvalue weighted by molar-refractivity contribution is 1.03. The Balaban J connectivity index is 2.31. The number of hydrogen-bond acceptors (Lipinski definition) is 4. The fourth-order valence-corrected chi connectivity index (χ4v) is 2.97. The van der Waals surface area contributed by atoms with E-state index in [-0.39, 0.29) is 0 Å². The third-order valence-corrected chi connectivity index (χ3v) is 3.91. The predicted octanol–water partition coefficient (Wildman–Crippen LogP) is 3.59. The number of nitrogen functional groups attached to an aromatic ring is 1. The first-order chi connectivity index (χ1) is 8.04. The van der Waals surface area contributed by atoms with Crippen LogP contribution >= 0.6 is 27.7 Å². The zero-order valence-electron chi connectivity index (χ0n) is 9.57. The molecule has 0 unspecified atom stereocenters. The first-order valence-electron chi connectivity index (χ1n) is 5.09. The number of anilines is 1. The lowest BCUT2D eigenvalue weighted by Gasteiger charge is -2.05. The minimum atomic E-state index is 0.648. The molecule has 0 amide bonds. The molecular formula is C12H12BrN3S. The second-order valence-electron chi connectivity index (χ2n) is 3.78. The van der Waals surface area contributed by atoms with Crippen LogP contribution in [0.1, 0.15) is 11.3 Å². The van der Waals surface area contributed by atoms with Crippen molar-refractivity contribution in [1.29, 1.82) is 0 Å². The highest BCUT2D eigenvalue weighted by Gasteiger charge is 2.06. The van der Waals surface area contributed by atoms with Crippen LogP contribution < -0.4 is 5.73 Å². The average Bonchev–Trinajstić information content (AvgIpc) is 2.21. The zero-order valence-corrected chi connectivity index (χ0v) is 12.0. The van der Waals surface area contributed by atoms with Gasteiger partial charge in [0.05, 0.1) is 16.4 Å². The zero-order chi connectivity index (χ0) is 12.4. The first-order valence-corrected chi connectivity index (χ1v) is 6.70. The molecule has 2 rings (SSSR count). The van der Waals surface area contributed by atoms with Gasteiger partial charge in [0.2, 0.25) is 0 Å². The van der Waals surface area contributed by atoms with E-state index in [1.165, 1.54) is 17.3 Å². The van der Waals surface area contributed by atoms with Gasteiger partial charge in [0.25, 0.3) is 0 Å². The monoisotopic (exact) mass is 309 g/mol. The molecule has 0 saturated carbocycles. The molecule has 0 aliphatic carbocycles. The summed E-state index contributed by atoms with van der Waals surface area (Å²) in [4.78, 5) is 8.75.